The third kappa shape index (κ3) is 3.88. The molecule has 0 spiro atoms. The van der Waals surface area contributed by atoms with Gasteiger partial charge in [-0.1, -0.05) is 11.6 Å². The summed E-state index contributed by atoms with van der Waals surface area (Å²) in [4.78, 5) is 34.1. The van der Waals surface area contributed by atoms with Crippen LogP contribution in [0.15, 0.2) is 18.2 Å². The maximum Gasteiger partial charge on any atom is 0.318 e. The number of hydrogen-bond donors (Lipinski definition) is 2. The lowest BCUT2D eigenvalue weighted by atomic mass is 9.97. The summed E-state index contributed by atoms with van der Waals surface area (Å²) in [6.07, 6.45) is -0.723. The van der Waals surface area contributed by atoms with E-state index >= 15 is 0 Å². The summed E-state index contributed by atoms with van der Waals surface area (Å²) >= 11 is 5.91. The second-order valence-electron chi connectivity index (χ2n) is 4.90. The number of urea groups is 1. The fraction of sp³-hybridized carbons (Fsp3) is 0.357. The van der Waals surface area contributed by atoms with Crippen LogP contribution in [0.25, 0.3) is 0 Å². The third-order valence-electron chi connectivity index (χ3n) is 3.17. The highest BCUT2D eigenvalue weighted by molar-refractivity contribution is 6.30. The predicted molar refractivity (Wildman–Crippen MR) is 77.4 cm³/mol. The lowest BCUT2D eigenvalue weighted by Gasteiger charge is -2.25. The minimum Gasteiger partial charge on any atom is -0.492 e. The lowest BCUT2D eigenvalue weighted by molar-refractivity contribution is -0.159. The molecule has 1 aliphatic heterocycles. The van der Waals surface area contributed by atoms with Gasteiger partial charge in [-0.3, -0.25) is 14.9 Å². The zero-order valence-corrected chi connectivity index (χ0v) is 12.6. The van der Waals surface area contributed by atoms with Crippen molar-refractivity contribution in [3.05, 3.63) is 28.8 Å². The molecule has 0 aromatic heterocycles. The third-order valence-corrected chi connectivity index (χ3v) is 3.41. The summed E-state index contributed by atoms with van der Waals surface area (Å²) < 4.78 is 10.5. The van der Waals surface area contributed by atoms with Gasteiger partial charge in [0.25, 0.3) is 5.91 Å². The highest BCUT2D eigenvalue weighted by atomic mass is 35.5. The molecule has 0 unspecified atom stereocenters. The number of benzene rings is 1. The first-order chi connectivity index (χ1) is 10.4. The zero-order chi connectivity index (χ0) is 16.3. The number of hydrogen-bond acceptors (Lipinski definition) is 5. The second-order valence-corrected chi connectivity index (χ2v) is 5.33. The van der Waals surface area contributed by atoms with Crippen LogP contribution in [0, 0.1) is 5.92 Å². The van der Waals surface area contributed by atoms with Crippen LogP contribution in [-0.4, -0.2) is 30.6 Å². The van der Waals surface area contributed by atoms with Gasteiger partial charge in [0.2, 0.25) is 0 Å². The van der Waals surface area contributed by atoms with Crippen LogP contribution in [0.1, 0.15) is 12.5 Å². The van der Waals surface area contributed by atoms with Crippen LogP contribution in [0.3, 0.4) is 0 Å². The summed E-state index contributed by atoms with van der Waals surface area (Å²) in [7, 11) is 0. The number of carbonyl (C=O) groups is 3. The van der Waals surface area contributed by atoms with Crippen molar-refractivity contribution in [3.63, 3.8) is 0 Å². The van der Waals surface area contributed by atoms with Gasteiger partial charge >= 0.3 is 12.0 Å². The minimum atomic E-state index is -1.12. The van der Waals surface area contributed by atoms with Crippen molar-refractivity contribution in [3.8, 4) is 5.75 Å². The highest BCUT2D eigenvalue weighted by Crippen LogP contribution is 2.30. The molecule has 2 rings (SSSR count). The molecule has 1 aromatic rings. The van der Waals surface area contributed by atoms with E-state index in [2.05, 4.69) is 0 Å². The Morgan fingerprint density at radius 1 is 1.45 bits per heavy atom. The van der Waals surface area contributed by atoms with Crippen molar-refractivity contribution in [2.75, 3.05) is 6.61 Å². The molecule has 1 aromatic carbocycles. The van der Waals surface area contributed by atoms with Gasteiger partial charge in [0.15, 0.2) is 6.10 Å². The average molecular weight is 327 g/mol. The number of esters is 1. The molecule has 0 saturated heterocycles. The largest absolute Gasteiger partial charge is 0.492 e. The number of fused-ring (bicyclic) bond motifs is 1. The molecule has 7 nitrogen and oxygen atoms in total. The number of halogens is 1. The summed E-state index contributed by atoms with van der Waals surface area (Å²) in [6, 6.07) is 4.16. The van der Waals surface area contributed by atoms with E-state index in [0.29, 0.717) is 17.2 Å². The van der Waals surface area contributed by atoms with E-state index in [1.54, 1.807) is 18.2 Å². The smallest absolute Gasteiger partial charge is 0.318 e. The Balaban J connectivity index is 1.97. The number of nitrogens with one attached hydrogen (secondary N) is 1. The molecule has 2 atom stereocenters. The van der Waals surface area contributed by atoms with Crippen molar-refractivity contribution in [2.45, 2.75) is 19.4 Å². The maximum absolute atomic E-state index is 12.1. The number of rotatable bonds is 3. The van der Waals surface area contributed by atoms with Crippen LogP contribution in [0.2, 0.25) is 5.02 Å². The number of imide groups is 1. The molecular formula is C14H15ClN2O5. The summed E-state index contributed by atoms with van der Waals surface area (Å²) in [5.41, 5.74) is 5.63. The molecular weight excluding hydrogens is 312 g/mol. The molecule has 0 bridgehead atoms. The fourth-order valence-electron chi connectivity index (χ4n) is 2.06. The van der Waals surface area contributed by atoms with Gasteiger partial charge in [0.1, 0.15) is 12.4 Å². The van der Waals surface area contributed by atoms with Crippen molar-refractivity contribution in [2.24, 2.45) is 11.7 Å². The van der Waals surface area contributed by atoms with Crippen molar-refractivity contribution in [1.82, 2.24) is 5.32 Å². The first-order valence-corrected chi connectivity index (χ1v) is 6.96. The molecule has 0 fully saturated rings. The fourth-order valence-corrected chi connectivity index (χ4v) is 2.26. The van der Waals surface area contributed by atoms with E-state index in [1.807, 2.05) is 5.32 Å². The first-order valence-electron chi connectivity index (χ1n) is 6.59. The number of nitrogens with two attached hydrogens (primary N) is 1. The number of ether oxygens (including phenoxy) is 2. The molecule has 22 heavy (non-hydrogen) atoms. The summed E-state index contributed by atoms with van der Waals surface area (Å²) in [6.45, 7) is 1.50. The number of primary amides is 1. The molecule has 0 saturated carbocycles. The SMILES string of the molecule is C[C@H](OC(=O)[C@H]1COc2ccc(Cl)cc2C1)C(=O)NC(N)=O. The van der Waals surface area contributed by atoms with Crippen molar-refractivity contribution < 1.29 is 23.9 Å². The minimum absolute atomic E-state index is 0.150. The Morgan fingerprint density at radius 2 is 2.18 bits per heavy atom. The van der Waals surface area contributed by atoms with E-state index in [9.17, 15) is 14.4 Å². The van der Waals surface area contributed by atoms with Gasteiger partial charge in [-0.2, -0.15) is 0 Å². The number of amides is 3. The monoisotopic (exact) mass is 326 g/mol. The zero-order valence-electron chi connectivity index (χ0n) is 11.8. The van der Waals surface area contributed by atoms with Gasteiger partial charge in [-0.05, 0) is 37.1 Å². The maximum atomic E-state index is 12.1. The van der Waals surface area contributed by atoms with Crippen LogP contribution in [0.5, 0.6) is 5.75 Å². The molecule has 1 heterocycles. The van der Waals surface area contributed by atoms with Gasteiger partial charge in [-0.15, -0.1) is 0 Å². The molecule has 0 radical (unpaired) electrons. The van der Waals surface area contributed by atoms with E-state index in [4.69, 9.17) is 26.8 Å². The Kier molecular flexibility index (Phi) is 4.87. The molecule has 8 heteroatoms. The standard InChI is InChI=1S/C14H15ClN2O5/c1-7(12(18)17-14(16)20)22-13(19)9-4-8-5-10(15)2-3-11(8)21-6-9/h2-3,5,7,9H,4,6H2,1H3,(H3,16,17,18,20)/t7-,9+/m0/s1. The van der Waals surface area contributed by atoms with Gasteiger partial charge in [0, 0.05) is 5.02 Å². The average Bonchev–Trinajstić information content (AvgIpc) is 2.45. The van der Waals surface area contributed by atoms with Crippen LogP contribution in [-0.2, 0) is 20.7 Å². The Bertz CT molecular complexity index is 619. The van der Waals surface area contributed by atoms with Crippen LogP contribution < -0.4 is 15.8 Å². The van der Waals surface area contributed by atoms with Gasteiger partial charge < -0.3 is 15.2 Å². The van der Waals surface area contributed by atoms with Crippen LogP contribution >= 0.6 is 11.6 Å². The summed E-state index contributed by atoms with van der Waals surface area (Å²) in [5, 5.41) is 2.39. The van der Waals surface area contributed by atoms with E-state index in [-0.39, 0.29) is 6.61 Å². The van der Waals surface area contributed by atoms with Gasteiger partial charge in [-0.25, -0.2) is 4.79 Å². The van der Waals surface area contributed by atoms with Crippen LogP contribution in [0.4, 0.5) is 4.79 Å². The molecule has 0 aliphatic carbocycles. The van der Waals surface area contributed by atoms with E-state index in [1.165, 1.54) is 6.92 Å². The first kappa shape index (κ1) is 16.1. The quantitative estimate of drug-likeness (QED) is 0.806. The molecule has 1 aliphatic rings. The van der Waals surface area contributed by atoms with Gasteiger partial charge in [0.05, 0.1) is 5.92 Å². The van der Waals surface area contributed by atoms with E-state index < -0.39 is 29.9 Å². The second kappa shape index (κ2) is 6.65. The normalized spacial score (nSPS) is 17.6. The van der Waals surface area contributed by atoms with Crippen molar-refractivity contribution >= 4 is 29.5 Å². The summed E-state index contributed by atoms with van der Waals surface area (Å²) in [5.74, 6) is -1.23. The highest BCUT2D eigenvalue weighted by Gasteiger charge is 2.30. The Hall–Kier alpha value is -2.28. The molecule has 3 amide bonds. The lowest BCUT2D eigenvalue weighted by Crippen LogP contribution is -2.43. The van der Waals surface area contributed by atoms with E-state index in [0.717, 1.165) is 5.56 Å². The Labute approximate surface area is 131 Å². The number of carbonyl (C=O) groups excluding carboxylic acids is 3. The molecule has 118 valence electrons. The molecule has 3 N–H and O–H groups in total. The topological polar surface area (TPSA) is 108 Å². The Morgan fingerprint density at radius 3 is 2.86 bits per heavy atom. The van der Waals surface area contributed by atoms with Crippen molar-refractivity contribution in [1.29, 1.82) is 0 Å². The predicted octanol–water partition coefficient (Wildman–Crippen LogP) is 1.02.